The number of ether oxygens (including phenoxy) is 3. The predicted molar refractivity (Wildman–Crippen MR) is 353 cm³/mol. The molecule has 0 amide bonds. The first-order valence-corrected chi connectivity index (χ1v) is 33.7. The second kappa shape index (κ2) is 68.1. The van der Waals surface area contributed by atoms with E-state index in [-0.39, 0.29) is 31.1 Å². The average molecular weight is 1120 g/mol. The molecule has 460 valence electrons. The Labute approximate surface area is 500 Å². The van der Waals surface area contributed by atoms with Gasteiger partial charge in [0.1, 0.15) is 13.2 Å². The highest BCUT2D eigenvalue weighted by molar-refractivity contribution is 5.71. The van der Waals surface area contributed by atoms with Gasteiger partial charge in [-0.2, -0.15) is 0 Å². The van der Waals surface area contributed by atoms with Crippen molar-refractivity contribution in [2.24, 2.45) is 0 Å². The first-order chi connectivity index (χ1) is 40.0. The maximum Gasteiger partial charge on any atom is 0.306 e. The van der Waals surface area contributed by atoms with E-state index in [1.54, 1.807) is 0 Å². The van der Waals surface area contributed by atoms with Gasteiger partial charge < -0.3 is 14.2 Å². The highest BCUT2D eigenvalue weighted by Crippen LogP contribution is 2.15. The molecular weight excluding hydrogens is 997 g/mol. The number of allylic oxidation sites excluding steroid dienone is 22. The lowest BCUT2D eigenvalue weighted by molar-refractivity contribution is -0.167. The summed E-state index contributed by atoms with van der Waals surface area (Å²) in [4.78, 5) is 38.4. The normalized spacial score (nSPS) is 13.0. The maximum absolute atomic E-state index is 12.9. The Morgan fingerprint density at radius 1 is 0.259 bits per heavy atom. The molecule has 0 aliphatic heterocycles. The Morgan fingerprint density at radius 3 is 0.815 bits per heavy atom. The van der Waals surface area contributed by atoms with Crippen LogP contribution in [0.4, 0.5) is 0 Å². The van der Waals surface area contributed by atoms with E-state index in [4.69, 9.17) is 14.2 Å². The molecule has 0 aromatic carbocycles. The summed E-state index contributed by atoms with van der Waals surface area (Å²) in [5.74, 6) is -0.947. The molecule has 0 spiro atoms. The number of rotatable bonds is 60. The van der Waals surface area contributed by atoms with E-state index in [0.717, 1.165) is 109 Å². The quantitative estimate of drug-likeness (QED) is 0.0261. The lowest BCUT2D eigenvalue weighted by Gasteiger charge is -2.18. The minimum absolute atomic E-state index is 0.0985. The van der Waals surface area contributed by atoms with Gasteiger partial charge in [0, 0.05) is 19.3 Å². The van der Waals surface area contributed by atoms with Crippen LogP contribution < -0.4 is 0 Å². The summed E-state index contributed by atoms with van der Waals surface area (Å²) in [5, 5.41) is 0. The largest absolute Gasteiger partial charge is 0.462 e. The van der Waals surface area contributed by atoms with E-state index in [0.29, 0.717) is 25.7 Å². The fraction of sp³-hybridized carbons (Fsp3) is 0.667. The summed E-state index contributed by atoms with van der Waals surface area (Å²) in [7, 11) is 0. The Hall–Kier alpha value is -4.45. The van der Waals surface area contributed by atoms with Crippen LogP contribution >= 0.6 is 0 Å². The summed E-state index contributed by atoms with van der Waals surface area (Å²) in [5.41, 5.74) is 0. The van der Waals surface area contributed by atoms with Gasteiger partial charge in [0.15, 0.2) is 6.10 Å². The lowest BCUT2D eigenvalue weighted by Crippen LogP contribution is -2.30. The number of carbonyl (C=O) groups excluding carboxylic acids is 3. The minimum atomic E-state index is -0.807. The zero-order chi connectivity index (χ0) is 58.5. The Kier molecular flexibility index (Phi) is 64.3. The van der Waals surface area contributed by atoms with Crippen molar-refractivity contribution in [1.82, 2.24) is 0 Å². The van der Waals surface area contributed by atoms with Crippen molar-refractivity contribution in [2.45, 2.75) is 309 Å². The second-order valence-electron chi connectivity index (χ2n) is 22.0. The summed E-state index contributed by atoms with van der Waals surface area (Å²) < 4.78 is 16.9. The molecule has 0 aromatic heterocycles. The highest BCUT2D eigenvalue weighted by Gasteiger charge is 2.19. The number of hydrogen-bond donors (Lipinski definition) is 0. The van der Waals surface area contributed by atoms with Gasteiger partial charge in [-0.3, -0.25) is 14.4 Å². The SMILES string of the molecule is CC/C=C\C/C=C\C/C=C\C/C=C\C/C=C\C/C=C\C/C=C\C/C=C\CCCCC(=O)OCC(COC(=O)CCCCCCCCC/C=C\CCCCCCCC)OC(=O)CCCCCCCCCCC/C=C\C/C=C\CCCCC. The van der Waals surface area contributed by atoms with Crippen molar-refractivity contribution in [3.8, 4) is 0 Å². The first-order valence-electron chi connectivity index (χ1n) is 33.7. The average Bonchev–Trinajstić information content (AvgIpc) is 3.47. The van der Waals surface area contributed by atoms with Crippen molar-refractivity contribution in [3.05, 3.63) is 134 Å². The van der Waals surface area contributed by atoms with Gasteiger partial charge in [-0.05, 0) is 141 Å². The van der Waals surface area contributed by atoms with E-state index < -0.39 is 6.10 Å². The number of hydrogen-bond acceptors (Lipinski definition) is 6. The lowest BCUT2D eigenvalue weighted by atomic mass is 10.1. The molecule has 0 radical (unpaired) electrons. The molecule has 0 saturated heterocycles. The highest BCUT2D eigenvalue weighted by atomic mass is 16.6. The molecule has 0 bridgehead atoms. The van der Waals surface area contributed by atoms with Gasteiger partial charge in [0.2, 0.25) is 0 Å². The van der Waals surface area contributed by atoms with Crippen molar-refractivity contribution in [1.29, 1.82) is 0 Å². The summed E-state index contributed by atoms with van der Waals surface area (Å²) in [6, 6.07) is 0. The van der Waals surface area contributed by atoms with Crippen LogP contribution in [-0.4, -0.2) is 37.2 Å². The van der Waals surface area contributed by atoms with Crippen molar-refractivity contribution in [3.63, 3.8) is 0 Å². The third-order valence-electron chi connectivity index (χ3n) is 14.1. The minimum Gasteiger partial charge on any atom is -0.462 e. The van der Waals surface area contributed by atoms with Crippen LogP contribution in [0.25, 0.3) is 0 Å². The molecule has 0 fully saturated rings. The summed E-state index contributed by atoms with van der Waals surface area (Å²) in [6.07, 6.45) is 96.0. The fourth-order valence-electron chi connectivity index (χ4n) is 9.07. The van der Waals surface area contributed by atoms with E-state index in [2.05, 4.69) is 154 Å². The standard InChI is InChI=1S/C75H124O6/c1-4-7-10-13-16-19-22-25-28-31-33-34-35-36-37-38-39-40-42-44-47-50-53-56-59-62-65-68-74(77)80-71-72(70-79-73(76)67-64-61-58-55-52-49-46-43-30-27-24-21-18-15-12-9-6-3)81-75(78)69-66-63-60-57-54-51-48-45-41-32-29-26-23-20-17-14-11-8-5-2/h7,10,16-17,19-20,25-30,33-34,36-37,39-40,44,47,53,56,72H,4-6,8-9,11-15,18,21-24,31-32,35,38,41-43,45-46,48-52,54-55,57-71H2,1-3H3/b10-7-,19-16-,20-17-,28-25-,29-26-,30-27-,34-33-,37-36-,40-39-,47-44-,56-53-. The molecule has 1 unspecified atom stereocenters. The molecule has 0 aromatic rings. The maximum atomic E-state index is 12.9. The molecule has 1 atom stereocenters. The molecular formula is C75H124O6. The molecule has 0 aliphatic rings. The molecule has 81 heavy (non-hydrogen) atoms. The number of esters is 3. The van der Waals surface area contributed by atoms with Gasteiger partial charge in [0.25, 0.3) is 0 Å². The van der Waals surface area contributed by atoms with Crippen LogP contribution in [0.3, 0.4) is 0 Å². The third-order valence-corrected chi connectivity index (χ3v) is 14.1. The van der Waals surface area contributed by atoms with E-state index >= 15 is 0 Å². The van der Waals surface area contributed by atoms with Gasteiger partial charge in [-0.25, -0.2) is 0 Å². The van der Waals surface area contributed by atoms with Crippen LogP contribution in [0.15, 0.2) is 134 Å². The third kappa shape index (κ3) is 66.2. The summed E-state index contributed by atoms with van der Waals surface area (Å²) in [6.45, 7) is 6.47. The van der Waals surface area contributed by atoms with Crippen LogP contribution in [0, 0.1) is 0 Å². The Morgan fingerprint density at radius 2 is 0.481 bits per heavy atom. The van der Waals surface area contributed by atoms with Gasteiger partial charge in [0.05, 0.1) is 0 Å². The summed E-state index contributed by atoms with van der Waals surface area (Å²) >= 11 is 0. The zero-order valence-electron chi connectivity index (χ0n) is 52.8. The number of carbonyl (C=O) groups is 3. The van der Waals surface area contributed by atoms with E-state index in [9.17, 15) is 14.4 Å². The second-order valence-corrected chi connectivity index (χ2v) is 22.0. The van der Waals surface area contributed by atoms with Gasteiger partial charge in [-0.15, -0.1) is 0 Å². The van der Waals surface area contributed by atoms with Crippen LogP contribution in [-0.2, 0) is 28.6 Å². The molecule has 0 rings (SSSR count). The van der Waals surface area contributed by atoms with Crippen LogP contribution in [0.2, 0.25) is 0 Å². The topological polar surface area (TPSA) is 78.9 Å². The molecule has 6 heteroatoms. The number of unbranched alkanes of at least 4 members (excludes halogenated alkanes) is 27. The molecule has 6 nitrogen and oxygen atoms in total. The smallest absolute Gasteiger partial charge is 0.306 e. The van der Waals surface area contributed by atoms with E-state index in [1.807, 2.05) is 0 Å². The van der Waals surface area contributed by atoms with Crippen molar-refractivity contribution in [2.75, 3.05) is 13.2 Å². The molecule has 0 aliphatic carbocycles. The molecule has 0 saturated carbocycles. The molecule has 0 N–H and O–H groups in total. The fourth-order valence-corrected chi connectivity index (χ4v) is 9.07. The monoisotopic (exact) mass is 1120 g/mol. The van der Waals surface area contributed by atoms with Gasteiger partial charge in [-0.1, -0.05) is 276 Å². The first kappa shape index (κ1) is 76.5. The van der Waals surface area contributed by atoms with E-state index in [1.165, 1.54) is 148 Å². The predicted octanol–water partition coefficient (Wildman–Crippen LogP) is 23.3. The zero-order valence-corrected chi connectivity index (χ0v) is 52.8. The Bertz CT molecular complexity index is 1720. The molecule has 0 heterocycles. The van der Waals surface area contributed by atoms with Crippen LogP contribution in [0.1, 0.15) is 303 Å². The van der Waals surface area contributed by atoms with Crippen molar-refractivity contribution < 1.29 is 28.6 Å². The van der Waals surface area contributed by atoms with Crippen LogP contribution in [0.5, 0.6) is 0 Å². The Balaban J connectivity index is 4.48. The van der Waals surface area contributed by atoms with Crippen molar-refractivity contribution >= 4 is 17.9 Å². The van der Waals surface area contributed by atoms with Gasteiger partial charge >= 0.3 is 17.9 Å².